The van der Waals surface area contributed by atoms with Gasteiger partial charge in [0.1, 0.15) is 6.20 Å². The van der Waals surface area contributed by atoms with Crippen molar-refractivity contribution in [3.63, 3.8) is 0 Å². The van der Waals surface area contributed by atoms with Crippen molar-refractivity contribution in [2.24, 2.45) is 0 Å². The van der Waals surface area contributed by atoms with Gasteiger partial charge in [-0.1, -0.05) is 13.3 Å². The Morgan fingerprint density at radius 2 is 2.40 bits per heavy atom. The maximum absolute atomic E-state index is 10.6. The molecule has 15 heavy (non-hydrogen) atoms. The average Bonchev–Trinajstić information content (AvgIpc) is 2.18. The first kappa shape index (κ1) is 11.6. The van der Waals surface area contributed by atoms with Gasteiger partial charge in [0.05, 0.1) is 4.92 Å². The van der Waals surface area contributed by atoms with E-state index in [2.05, 4.69) is 15.3 Å². The minimum atomic E-state index is -0.537. The zero-order valence-corrected chi connectivity index (χ0v) is 8.99. The van der Waals surface area contributed by atoms with E-state index in [1.54, 1.807) is 0 Å². The summed E-state index contributed by atoms with van der Waals surface area (Å²) in [4.78, 5) is 17.4. The molecular weight excluding hydrogens is 220 g/mol. The first-order chi connectivity index (χ1) is 7.15. The first-order valence-electron chi connectivity index (χ1n) is 4.56. The van der Waals surface area contributed by atoms with Crippen molar-refractivity contribution in [2.75, 3.05) is 11.9 Å². The van der Waals surface area contributed by atoms with Crippen LogP contribution in [0, 0.1) is 10.1 Å². The second kappa shape index (κ2) is 5.45. The Morgan fingerprint density at radius 1 is 1.67 bits per heavy atom. The smallest absolute Gasteiger partial charge is 0.329 e. The third-order valence-corrected chi connectivity index (χ3v) is 1.94. The minimum absolute atomic E-state index is 0.000372. The lowest BCUT2D eigenvalue weighted by Gasteiger charge is -2.04. The zero-order chi connectivity index (χ0) is 11.3. The lowest BCUT2D eigenvalue weighted by molar-refractivity contribution is -0.384. The van der Waals surface area contributed by atoms with Gasteiger partial charge in [-0.3, -0.25) is 10.1 Å². The molecule has 0 radical (unpaired) electrons. The molecule has 0 amide bonds. The van der Waals surface area contributed by atoms with Gasteiger partial charge in [0.25, 0.3) is 0 Å². The van der Waals surface area contributed by atoms with Crippen LogP contribution >= 0.6 is 11.6 Å². The highest BCUT2D eigenvalue weighted by atomic mass is 35.5. The van der Waals surface area contributed by atoms with Gasteiger partial charge in [0, 0.05) is 6.54 Å². The molecule has 1 aromatic heterocycles. The van der Waals surface area contributed by atoms with Crippen molar-refractivity contribution < 1.29 is 4.92 Å². The van der Waals surface area contributed by atoms with Crippen molar-refractivity contribution >= 4 is 23.1 Å². The monoisotopic (exact) mass is 230 g/mol. The molecular formula is C8H11ClN4O2. The summed E-state index contributed by atoms with van der Waals surface area (Å²) in [5.74, 6) is 0.174. The fraction of sp³-hybridized carbons (Fsp3) is 0.500. The number of unbranched alkanes of at least 4 members (excludes halogenated alkanes) is 1. The number of nitrogens with one attached hydrogen (secondary N) is 1. The molecule has 1 aromatic rings. The molecule has 0 aliphatic rings. The van der Waals surface area contributed by atoms with Crippen molar-refractivity contribution in [1.82, 2.24) is 9.97 Å². The molecule has 0 unspecified atom stereocenters. The Morgan fingerprint density at radius 3 is 3.00 bits per heavy atom. The molecule has 82 valence electrons. The van der Waals surface area contributed by atoms with Gasteiger partial charge in [0.15, 0.2) is 0 Å². The molecule has 0 saturated carbocycles. The highest BCUT2D eigenvalue weighted by Gasteiger charge is 2.15. The highest BCUT2D eigenvalue weighted by Crippen LogP contribution is 2.21. The van der Waals surface area contributed by atoms with Crippen LogP contribution in [-0.2, 0) is 0 Å². The summed E-state index contributed by atoms with van der Waals surface area (Å²) in [6, 6.07) is 0. The molecule has 7 heteroatoms. The number of aromatic nitrogens is 2. The molecule has 1 heterocycles. The molecule has 0 bridgehead atoms. The van der Waals surface area contributed by atoms with E-state index >= 15 is 0 Å². The summed E-state index contributed by atoms with van der Waals surface area (Å²) in [7, 11) is 0. The summed E-state index contributed by atoms with van der Waals surface area (Å²) in [5.41, 5.74) is -0.157. The summed E-state index contributed by atoms with van der Waals surface area (Å²) in [5, 5.41) is 13.5. The quantitative estimate of drug-likeness (QED) is 0.363. The SMILES string of the molecule is CCCCNc1nc(Cl)ncc1[N+](=O)[O-]. The molecule has 0 atom stereocenters. The van der Waals surface area contributed by atoms with E-state index in [1.165, 1.54) is 0 Å². The number of hydrogen-bond acceptors (Lipinski definition) is 5. The second-order valence-corrected chi connectivity index (χ2v) is 3.25. The maximum Gasteiger partial charge on any atom is 0.329 e. The van der Waals surface area contributed by atoms with E-state index in [0.717, 1.165) is 19.0 Å². The van der Waals surface area contributed by atoms with E-state index in [1.807, 2.05) is 6.92 Å². The molecule has 0 aliphatic heterocycles. The van der Waals surface area contributed by atoms with Gasteiger partial charge in [-0.15, -0.1) is 0 Å². The predicted molar refractivity (Wildman–Crippen MR) is 57.1 cm³/mol. The summed E-state index contributed by atoms with van der Waals surface area (Å²) < 4.78 is 0. The van der Waals surface area contributed by atoms with E-state index in [9.17, 15) is 10.1 Å². The average molecular weight is 231 g/mol. The standard InChI is InChI=1S/C8H11ClN4O2/c1-2-3-4-10-7-6(13(14)15)5-11-8(9)12-7/h5H,2-4H2,1H3,(H,10,11,12). The number of nitrogens with zero attached hydrogens (tertiary/aromatic N) is 3. The van der Waals surface area contributed by atoms with Gasteiger partial charge in [-0.2, -0.15) is 4.98 Å². The van der Waals surface area contributed by atoms with Crippen LogP contribution < -0.4 is 5.32 Å². The van der Waals surface area contributed by atoms with Crippen molar-refractivity contribution in [2.45, 2.75) is 19.8 Å². The van der Waals surface area contributed by atoms with Crippen LogP contribution in [0.15, 0.2) is 6.20 Å². The summed E-state index contributed by atoms with van der Waals surface area (Å²) in [6.45, 7) is 2.66. The molecule has 1 N–H and O–H groups in total. The number of rotatable bonds is 5. The van der Waals surface area contributed by atoms with Gasteiger partial charge >= 0.3 is 5.69 Å². The molecule has 0 aliphatic carbocycles. The summed E-state index contributed by atoms with van der Waals surface area (Å²) in [6.07, 6.45) is 3.02. The Kier molecular flexibility index (Phi) is 4.23. The lowest BCUT2D eigenvalue weighted by atomic mass is 10.3. The van der Waals surface area contributed by atoms with E-state index in [-0.39, 0.29) is 16.8 Å². The fourth-order valence-corrected chi connectivity index (χ4v) is 1.13. The lowest BCUT2D eigenvalue weighted by Crippen LogP contribution is -2.06. The van der Waals surface area contributed by atoms with Gasteiger partial charge < -0.3 is 5.32 Å². The van der Waals surface area contributed by atoms with Crippen molar-refractivity contribution in [3.05, 3.63) is 21.6 Å². The van der Waals surface area contributed by atoms with Crippen LogP contribution in [0.1, 0.15) is 19.8 Å². The number of halogens is 1. The molecule has 0 saturated heterocycles. The summed E-state index contributed by atoms with van der Waals surface area (Å²) >= 11 is 5.55. The van der Waals surface area contributed by atoms with E-state index < -0.39 is 4.92 Å². The van der Waals surface area contributed by atoms with Crippen LogP contribution in [0.4, 0.5) is 11.5 Å². The van der Waals surface area contributed by atoms with E-state index in [4.69, 9.17) is 11.6 Å². The van der Waals surface area contributed by atoms with Crippen LogP contribution in [0.2, 0.25) is 5.28 Å². The Balaban J connectivity index is 2.82. The maximum atomic E-state index is 10.6. The van der Waals surface area contributed by atoms with E-state index in [0.29, 0.717) is 6.54 Å². The third kappa shape index (κ3) is 3.32. The Labute approximate surface area is 91.8 Å². The normalized spacial score (nSPS) is 10.0. The first-order valence-corrected chi connectivity index (χ1v) is 4.93. The molecule has 6 nitrogen and oxygen atoms in total. The topological polar surface area (TPSA) is 81.0 Å². The predicted octanol–water partition coefficient (Wildman–Crippen LogP) is 2.25. The molecule has 1 rings (SSSR count). The van der Waals surface area contributed by atoms with Crippen molar-refractivity contribution in [3.8, 4) is 0 Å². The number of hydrogen-bond donors (Lipinski definition) is 1. The minimum Gasteiger partial charge on any atom is -0.364 e. The fourth-order valence-electron chi connectivity index (χ4n) is 1.00. The van der Waals surface area contributed by atoms with Gasteiger partial charge in [0.2, 0.25) is 11.1 Å². The molecule has 0 spiro atoms. The van der Waals surface area contributed by atoms with Crippen LogP contribution in [0.3, 0.4) is 0 Å². The number of nitro groups is 1. The Hall–Kier alpha value is -1.43. The largest absolute Gasteiger partial charge is 0.364 e. The van der Waals surface area contributed by atoms with Crippen molar-refractivity contribution in [1.29, 1.82) is 0 Å². The Bertz CT molecular complexity index is 358. The number of anilines is 1. The highest BCUT2D eigenvalue weighted by molar-refractivity contribution is 6.28. The van der Waals surface area contributed by atoms with Gasteiger partial charge in [-0.25, -0.2) is 4.98 Å². The van der Waals surface area contributed by atoms with Gasteiger partial charge in [-0.05, 0) is 18.0 Å². The van der Waals surface area contributed by atoms with Crippen LogP contribution in [0.5, 0.6) is 0 Å². The van der Waals surface area contributed by atoms with Crippen LogP contribution in [-0.4, -0.2) is 21.4 Å². The second-order valence-electron chi connectivity index (χ2n) is 2.91. The molecule has 0 aromatic carbocycles. The molecule has 0 fully saturated rings. The third-order valence-electron chi connectivity index (χ3n) is 1.76. The zero-order valence-electron chi connectivity index (χ0n) is 8.23. The van der Waals surface area contributed by atoms with Crippen LogP contribution in [0.25, 0.3) is 0 Å².